The number of hydrogen-bond donors (Lipinski definition) is 1. The molecule has 0 amide bonds. The summed E-state index contributed by atoms with van der Waals surface area (Å²) in [5.41, 5.74) is 2.79. The summed E-state index contributed by atoms with van der Waals surface area (Å²) in [6.07, 6.45) is 2.41. The second kappa shape index (κ2) is 7.65. The van der Waals surface area contributed by atoms with Gasteiger partial charge in [0.05, 0.1) is 7.11 Å². The molecule has 3 heteroatoms. The summed E-state index contributed by atoms with van der Waals surface area (Å²) in [7, 11) is 1.77. The van der Waals surface area contributed by atoms with Crippen LogP contribution in [0, 0.1) is 0 Å². The van der Waals surface area contributed by atoms with E-state index in [-0.39, 0.29) is 0 Å². The van der Waals surface area contributed by atoms with E-state index in [1.165, 1.54) is 24.0 Å². The van der Waals surface area contributed by atoms with Crippen LogP contribution in [-0.4, -0.2) is 38.2 Å². The largest absolute Gasteiger partial charge is 0.496 e. The summed E-state index contributed by atoms with van der Waals surface area (Å²) in [4.78, 5) is 2.50. The van der Waals surface area contributed by atoms with Crippen molar-refractivity contribution in [2.75, 3.05) is 33.3 Å². The van der Waals surface area contributed by atoms with Gasteiger partial charge < -0.3 is 10.1 Å². The van der Waals surface area contributed by atoms with Gasteiger partial charge in [0.1, 0.15) is 5.75 Å². The molecule has 0 spiro atoms. The van der Waals surface area contributed by atoms with Crippen molar-refractivity contribution < 1.29 is 4.74 Å². The molecule has 1 aliphatic rings. The zero-order valence-corrected chi connectivity index (χ0v) is 13.1. The van der Waals surface area contributed by atoms with E-state index in [1.54, 1.807) is 7.11 Å². The highest BCUT2D eigenvalue weighted by molar-refractivity contribution is 5.38. The minimum atomic E-state index is 0.669. The molecule has 0 atom stereocenters. The smallest absolute Gasteiger partial charge is 0.123 e. The summed E-state index contributed by atoms with van der Waals surface area (Å²) in [5.74, 6) is 1.70. The molecule has 1 N–H and O–H groups in total. The van der Waals surface area contributed by atoms with Gasteiger partial charge in [0, 0.05) is 38.3 Å². The highest BCUT2D eigenvalue weighted by atomic mass is 16.5. The Morgan fingerprint density at radius 1 is 1.20 bits per heavy atom. The van der Waals surface area contributed by atoms with Gasteiger partial charge in [-0.25, -0.2) is 0 Å². The van der Waals surface area contributed by atoms with Gasteiger partial charge in [0.25, 0.3) is 0 Å². The van der Waals surface area contributed by atoms with E-state index in [1.807, 2.05) is 0 Å². The van der Waals surface area contributed by atoms with Crippen LogP contribution in [0.4, 0.5) is 0 Å². The van der Waals surface area contributed by atoms with Gasteiger partial charge in [-0.05, 0) is 30.4 Å². The number of ether oxygens (including phenoxy) is 1. The van der Waals surface area contributed by atoms with Crippen molar-refractivity contribution >= 4 is 0 Å². The molecule has 1 saturated heterocycles. The third-order valence-corrected chi connectivity index (χ3v) is 4.37. The van der Waals surface area contributed by atoms with Crippen molar-refractivity contribution in [2.24, 2.45) is 0 Å². The van der Waals surface area contributed by atoms with E-state index in [2.05, 4.69) is 42.3 Å². The lowest BCUT2D eigenvalue weighted by atomic mass is 9.92. The molecule has 20 heavy (non-hydrogen) atoms. The third-order valence-electron chi connectivity index (χ3n) is 4.37. The number of piperazine rings is 1. The molecular weight excluding hydrogens is 248 g/mol. The fourth-order valence-electron chi connectivity index (χ4n) is 3.05. The second-order valence-electron chi connectivity index (χ2n) is 5.61. The first-order chi connectivity index (χ1) is 9.78. The zero-order valence-electron chi connectivity index (χ0n) is 13.1. The van der Waals surface area contributed by atoms with Crippen molar-refractivity contribution in [3.05, 3.63) is 29.3 Å². The molecule has 1 aromatic rings. The van der Waals surface area contributed by atoms with Gasteiger partial charge in [0.15, 0.2) is 0 Å². The third kappa shape index (κ3) is 3.74. The van der Waals surface area contributed by atoms with Crippen molar-refractivity contribution in [3.8, 4) is 5.75 Å². The first-order valence-corrected chi connectivity index (χ1v) is 7.88. The number of nitrogens with zero attached hydrogens (tertiary/aromatic N) is 1. The summed E-state index contributed by atoms with van der Waals surface area (Å²) < 4.78 is 5.55. The maximum Gasteiger partial charge on any atom is 0.123 e. The first-order valence-electron chi connectivity index (χ1n) is 7.88. The Morgan fingerprint density at radius 2 is 1.90 bits per heavy atom. The van der Waals surface area contributed by atoms with Crippen LogP contribution in [0.5, 0.6) is 5.75 Å². The Morgan fingerprint density at radius 3 is 2.50 bits per heavy atom. The molecule has 0 saturated carbocycles. The molecule has 0 aliphatic carbocycles. The van der Waals surface area contributed by atoms with E-state index < -0.39 is 0 Å². The summed E-state index contributed by atoms with van der Waals surface area (Å²) in [6.45, 7) is 9.97. The van der Waals surface area contributed by atoms with Crippen LogP contribution in [0.25, 0.3) is 0 Å². The average molecular weight is 276 g/mol. The number of rotatable bonds is 6. The SMILES string of the molecule is CCC(CC)c1ccc(OC)c(CN2CCNCC2)c1. The van der Waals surface area contributed by atoms with Crippen LogP contribution in [0.2, 0.25) is 0 Å². The van der Waals surface area contributed by atoms with E-state index in [0.717, 1.165) is 38.5 Å². The van der Waals surface area contributed by atoms with Crippen LogP contribution in [0.3, 0.4) is 0 Å². The lowest BCUT2D eigenvalue weighted by Crippen LogP contribution is -2.42. The Labute approximate surface area is 123 Å². The molecular formula is C17H28N2O. The standard InChI is InChI=1S/C17H28N2O/c1-4-14(5-2)15-6-7-17(20-3)16(12-15)13-19-10-8-18-9-11-19/h6-7,12,14,18H,4-5,8-11,13H2,1-3H3. The molecule has 2 rings (SSSR count). The van der Waals surface area contributed by atoms with Gasteiger partial charge in [-0.3, -0.25) is 4.90 Å². The second-order valence-corrected chi connectivity index (χ2v) is 5.61. The van der Waals surface area contributed by atoms with E-state index in [9.17, 15) is 0 Å². The molecule has 1 aromatic carbocycles. The molecule has 3 nitrogen and oxygen atoms in total. The monoisotopic (exact) mass is 276 g/mol. The van der Waals surface area contributed by atoms with Crippen LogP contribution < -0.4 is 10.1 Å². The predicted octanol–water partition coefficient (Wildman–Crippen LogP) is 3.00. The van der Waals surface area contributed by atoms with Crippen LogP contribution in [0.1, 0.15) is 43.7 Å². The Bertz CT molecular complexity index is 409. The van der Waals surface area contributed by atoms with Crippen molar-refractivity contribution in [2.45, 2.75) is 39.2 Å². The summed E-state index contributed by atoms with van der Waals surface area (Å²) in [5, 5.41) is 3.40. The van der Waals surface area contributed by atoms with Crippen LogP contribution in [-0.2, 0) is 6.54 Å². The minimum Gasteiger partial charge on any atom is -0.496 e. The molecule has 0 unspecified atom stereocenters. The highest BCUT2D eigenvalue weighted by Gasteiger charge is 2.15. The van der Waals surface area contributed by atoms with Gasteiger partial charge >= 0.3 is 0 Å². The van der Waals surface area contributed by atoms with E-state index >= 15 is 0 Å². The normalized spacial score (nSPS) is 16.6. The summed E-state index contributed by atoms with van der Waals surface area (Å²) in [6, 6.07) is 6.74. The molecule has 0 radical (unpaired) electrons. The van der Waals surface area contributed by atoms with Crippen molar-refractivity contribution in [3.63, 3.8) is 0 Å². The number of benzene rings is 1. The average Bonchev–Trinajstić information content (AvgIpc) is 2.50. The van der Waals surface area contributed by atoms with Crippen molar-refractivity contribution in [1.29, 1.82) is 0 Å². The summed E-state index contributed by atoms with van der Waals surface area (Å²) >= 11 is 0. The number of methoxy groups -OCH3 is 1. The van der Waals surface area contributed by atoms with Gasteiger partial charge in [-0.1, -0.05) is 26.0 Å². The molecule has 1 fully saturated rings. The van der Waals surface area contributed by atoms with Gasteiger partial charge in [-0.2, -0.15) is 0 Å². The van der Waals surface area contributed by atoms with E-state index in [4.69, 9.17) is 4.74 Å². The van der Waals surface area contributed by atoms with Gasteiger partial charge in [-0.15, -0.1) is 0 Å². The van der Waals surface area contributed by atoms with Crippen LogP contribution >= 0.6 is 0 Å². The minimum absolute atomic E-state index is 0.669. The fourth-order valence-corrected chi connectivity index (χ4v) is 3.05. The Kier molecular flexibility index (Phi) is 5.86. The maximum absolute atomic E-state index is 5.55. The highest BCUT2D eigenvalue weighted by Crippen LogP contribution is 2.29. The quantitative estimate of drug-likeness (QED) is 0.864. The molecule has 112 valence electrons. The Hall–Kier alpha value is -1.06. The zero-order chi connectivity index (χ0) is 14.4. The lowest BCUT2D eigenvalue weighted by molar-refractivity contribution is 0.230. The lowest BCUT2D eigenvalue weighted by Gasteiger charge is -2.28. The number of hydrogen-bond acceptors (Lipinski definition) is 3. The predicted molar refractivity (Wildman–Crippen MR) is 84.5 cm³/mol. The topological polar surface area (TPSA) is 24.5 Å². The van der Waals surface area contributed by atoms with E-state index in [0.29, 0.717) is 5.92 Å². The first kappa shape index (κ1) is 15.3. The fraction of sp³-hybridized carbons (Fsp3) is 0.647. The van der Waals surface area contributed by atoms with Crippen LogP contribution in [0.15, 0.2) is 18.2 Å². The van der Waals surface area contributed by atoms with Gasteiger partial charge in [0.2, 0.25) is 0 Å². The molecule has 1 heterocycles. The van der Waals surface area contributed by atoms with Crippen molar-refractivity contribution in [1.82, 2.24) is 10.2 Å². The number of nitrogens with one attached hydrogen (secondary N) is 1. The molecule has 0 bridgehead atoms. The molecule has 0 aromatic heterocycles. The maximum atomic E-state index is 5.55. The molecule has 1 aliphatic heterocycles. The Balaban J connectivity index is 2.17.